The highest BCUT2D eigenvalue weighted by molar-refractivity contribution is 8.14. The van der Waals surface area contributed by atoms with E-state index < -0.39 is 5.37 Å². The number of hydrazone groups is 1. The number of hydrogen-bond acceptors (Lipinski definition) is 5. The van der Waals surface area contributed by atoms with Gasteiger partial charge < -0.3 is 10.1 Å². The van der Waals surface area contributed by atoms with E-state index in [1.54, 1.807) is 0 Å². The van der Waals surface area contributed by atoms with Gasteiger partial charge in [-0.3, -0.25) is 9.59 Å². The van der Waals surface area contributed by atoms with Crippen molar-refractivity contribution in [2.24, 2.45) is 5.10 Å². The maximum atomic E-state index is 12.1. The Morgan fingerprint density at radius 2 is 2.00 bits per heavy atom. The number of amidine groups is 1. The molecule has 0 aliphatic carbocycles. The van der Waals surface area contributed by atoms with Crippen LogP contribution in [0, 0.1) is 6.92 Å². The van der Waals surface area contributed by atoms with Gasteiger partial charge in [0.25, 0.3) is 0 Å². The van der Waals surface area contributed by atoms with E-state index in [2.05, 4.69) is 10.4 Å². The molecule has 0 bridgehead atoms. The molecule has 1 heterocycles. The Balaban J connectivity index is 1.88. The molecule has 1 aliphatic heterocycles. The average Bonchev–Trinajstić information content (AvgIpc) is 3.05. The number of carbonyl (C=O) groups is 2. The van der Waals surface area contributed by atoms with Gasteiger partial charge in [-0.15, -0.1) is 5.10 Å². The van der Waals surface area contributed by atoms with Crippen LogP contribution in [0.2, 0.25) is 5.02 Å². The molecule has 1 aliphatic rings. The van der Waals surface area contributed by atoms with Crippen LogP contribution in [0.4, 0.5) is 0 Å². The molecule has 2 aromatic rings. The molecule has 0 saturated carbocycles. The zero-order valence-corrected chi connectivity index (χ0v) is 17.3. The van der Waals surface area contributed by atoms with Gasteiger partial charge in [0.05, 0.1) is 0 Å². The fourth-order valence-corrected chi connectivity index (χ4v) is 4.07. The summed E-state index contributed by atoms with van der Waals surface area (Å²) >= 11 is 7.51. The van der Waals surface area contributed by atoms with Crippen molar-refractivity contribution in [2.45, 2.75) is 32.8 Å². The molecule has 0 spiro atoms. The van der Waals surface area contributed by atoms with Crippen LogP contribution in [0.1, 0.15) is 35.9 Å². The van der Waals surface area contributed by atoms with Crippen LogP contribution in [0.15, 0.2) is 47.6 Å². The van der Waals surface area contributed by atoms with Gasteiger partial charge in [-0.2, -0.15) is 0 Å². The number of thioether (sulfide) groups is 1. The normalized spacial score (nSPS) is 15.9. The quantitative estimate of drug-likeness (QED) is 0.808. The summed E-state index contributed by atoms with van der Waals surface area (Å²) in [4.78, 5) is 23.5. The summed E-state index contributed by atoms with van der Waals surface area (Å²) in [6.07, 6.45) is 0. The van der Waals surface area contributed by atoms with Gasteiger partial charge in [-0.05, 0) is 25.1 Å². The lowest BCUT2D eigenvalue weighted by Crippen LogP contribution is -2.25. The number of hydrogen-bond donors (Lipinski definition) is 1. The minimum Gasteiger partial charge on any atom is -0.488 e. The largest absolute Gasteiger partial charge is 0.488 e. The van der Waals surface area contributed by atoms with Gasteiger partial charge in [0.2, 0.25) is 11.8 Å². The second-order valence-corrected chi connectivity index (χ2v) is 7.82. The Hall–Kier alpha value is -2.51. The number of halogens is 1. The summed E-state index contributed by atoms with van der Waals surface area (Å²) < 4.78 is 6.04. The molecule has 0 aromatic heterocycles. The van der Waals surface area contributed by atoms with Crippen LogP contribution < -0.4 is 10.1 Å². The van der Waals surface area contributed by atoms with Crippen molar-refractivity contribution in [3.63, 3.8) is 0 Å². The van der Waals surface area contributed by atoms with E-state index in [0.29, 0.717) is 22.5 Å². The first-order valence-electron chi connectivity index (χ1n) is 8.64. The van der Waals surface area contributed by atoms with E-state index in [0.717, 1.165) is 16.7 Å². The fourth-order valence-electron chi connectivity index (χ4n) is 2.73. The Morgan fingerprint density at radius 3 is 2.68 bits per heavy atom. The molecule has 0 fully saturated rings. The third kappa shape index (κ3) is 4.66. The van der Waals surface area contributed by atoms with Crippen molar-refractivity contribution < 1.29 is 14.3 Å². The number of rotatable bonds is 4. The fraction of sp³-hybridized carbons (Fsp3) is 0.250. The van der Waals surface area contributed by atoms with Crippen molar-refractivity contribution in [3.8, 4) is 5.75 Å². The van der Waals surface area contributed by atoms with Crippen molar-refractivity contribution in [3.05, 3.63) is 64.2 Å². The van der Waals surface area contributed by atoms with Crippen LogP contribution in [0.3, 0.4) is 0 Å². The van der Waals surface area contributed by atoms with Crippen LogP contribution in [0.25, 0.3) is 0 Å². The van der Waals surface area contributed by atoms with Gasteiger partial charge in [0.1, 0.15) is 17.7 Å². The van der Waals surface area contributed by atoms with Gasteiger partial charge in [-0.1, -0.05) is 53.2 Å². The second kappa shape index (κ2) is 8.67. The minimum atomic E-state index is -0.430. The van der Waals surface area contributed by atoms with E-state index in [1.165, 1.54) is 30.6 Å². The maximum absolute atomic E-state index is 12.1. The Labute approximate surface area is 172 Å². The lowest BCUT2D eigenvalue weighted by Gasteiger charge is -2.22. The van der Waals surface area contributed by atoms with Crippen molar-refractivity contribution in [2.75, 3.05) is 0 Å². The first kappa shape index (κ1) is 20.2. The molecular formula is C20H20ClN3O3S. The van der Waals surface area contributed by atoms with Gasteiger partial charge in [0.15, 0.2) is 5.17 Å². The summed E-state index contributed by atoms with van der Waals surface area (Å²) in [7, 11) is 0. The smallest absolute Gasteiger partial charge is 0.241 e. The van der Waals surface area contributed by atoms with Crippen molar-refractivity contribution in [1.82, 2.24) is 10.3 Å². The average molecular weight is 418 g/mol. The molecule has 146 valence electrons. The molecule has 2 amide bonds. The van der Waals surface area contributed by atoms with E-state index >= 15 is 0 Å². The zero-order chi connectivity index (χ0) is 20.3. The standard InChI is InChI=1S/C20H20ClN3O3S/c1-12-8-9-18(27-11-15-6-4-5-7-17(15)21)16(10-12)19-24(14(3)26)23-20(28-19)22-13(2)25/h4-10,19H,11H2,1-3H3,(H,22,23,25)/t19-/m0/s1. The summed E-state index contributed by atoms with van der Waals surface area (Å²) in [6, 6.07) is 13.3. The van der Waals surface area contributed by atoms with Crippen molar-refractivity contribution in [1.29, 1.82) is 0 Å². The molecule has 0 saturated heterocycles. The third-order valence-electron chi connectivity index (χ3n) is 4.02. The van der Waals surface area contributed by atoms with Crippen LogP contribution >= 0.6 is 23.4 Å². The Bertz CT molecular complexity index is 948. The van der Waals surface area contributed by atoms with Crippen molar-refractivity contribution >= 4 is 40.3 Å². The number of amides is 2. The molecule has 2 aromatic carbocycles. The van der Waals surface area contributed by atoms with Crippen LogP contribution in [-0.2, 0) is 16.2 Å². The lowest BCUT2D eigenvalue weighted by atomic mass is 10.1. The minimum absolute atomic E-state index is 0.226. The molecule has 1 atom stereocenters. The topological polar surface area (TPSA) is 71.0 Å². The summed E-state index contributed by atoms with van der Waals surface area (Å²) in [5, 5.41) is 8.83. The summed E-state index contributed by atoms with van der Waals surface area (Å²) in [5.74, 6) is 0.166. The first-order chi connectivity index (χ1) is 13.3. The monoisotopic (exact) mass is 417 g/mol. The molecule has 8 heteroatoms. The highest BCUT2D eigenvalue weighted by Crippen LogP contribution is 2.43. The predicted molar refractivity (Wildman–Crippen MR) is 111 cm³/mol. The van der Waals surface area contributed by atoms with E-state index in [1.807, 2.05) is 49.4 Å². The molecule has 0 unspecified atom stereocenters. The predicted octanol–water partition coefficient (Wildman–Crippen LogP) is 4.23. The lowest BCUT2D eigenvalue weighted by molar-refractivity contribution is -0.129. The second-order valence-electron chi connectivity index (χ2n) is 6.34. The van der Waals surface area contributed by atoms with Gasteiger partial charge in [0, 0.05) is 30.0 Å². The molecule has 6 nitrogen and oxygen atoms in total. The number of benzene rings is 2. The number of nitrogens with zero attached hydrogens (tertiary/aromatic N) is 2. The first-order valence-corrected chi connectivity index (χ1v) is 9.90. The van der Waals surface area contributed by atoms with E-state index in [9.17, 15) is 9.59 Å². The van der Waals surface area contributed by atoms with E-state index in [4.69, 9.17) is 16.3 Å². The molecule has 1 N–H and O–H groups in total. The molecular weight excluding hydrogens is 398 g/mol. The number of carbonyl (C=O) groups excluding carboxylic acids is 2. The summed E-state index contributed by atoms with van der Waals surface area (Å²) in [5.41, 5.74) is 2.70. The Kier molecular flexibility index (Phi) is 6.26. The number of nitrogens with one attached hydrogen (secondary N) is 1. The van der Waals surface area contributed by atoms with Crippen LogP contribution in [-0.4, -0.2) is 22.0 Å². The van der Waals surface area contributed by atoms with Gasteiger partial charge in [-0.25, -0.2) is 5.01 Å². The maximum Gasteiger partial charge on any atom is 0.241 e. The third-order valence-corrected chi connectivity index (χ3v) is 5.47. The highest BCUT2D eigenvalue weighted by atomic mass is 35.5. The summed E-state index contributed by atoms with van der Waals surface area (Å²) in [6.45, 7) is 5.11. The molecule has 3 rings (SSSR count). The SMILES string of the molecule is CC(=O)NC1=NN(C(C)=O)[C@H](c2cc(C)ccc2OCc2ccccc2Cl)S1. The highest BCUT2D eigenvalue weighted by Gasteiger charge is 2.34. The molecule has 28 heavy (non-hydrogen) atoms. The zero-order valence-electron chi connectivity index (χ0n) is 15.7. The molecule has 0 radical (unpaired) electrons. The van der Waals surface area contributed by atoms with Gasteiger partial charge >= 0.3 is 0 Å². The van der Waals surface area contributed by atoms with Crippen LogP contribution in [0.5, 0.6) is 5.75 Å². The number of ether oxygens (including phenoxy) is 1. The van der Waals surface area contributed by atoms with E-state index in [-0.39, 0.29) is 11.8 Å². The Morgan fingerprint density at radius 1 is 1.25 bits per heavy atom. The number of aryl methyl sites for hydroxylation is 1.